The van der Waals surface area contributed by atoms with Crippen molar-refractivity contribution in [1.29, 1.82) is 0 Å². The number of allylic oxidation sites excluding steroid dienone is 4. The third-order valence-corrected chi connectivity index (χ3v) is 10.2. The molecule has 1 heterocycles. The summed E-state index contributed by atoms with van der Waals surface area (Å²) in [6.45, 7) is 17.2. The average molecular weight is 708 g/mol. The number of amides is 2. The number of rotatable bonds is 12. The fraction of sp³-hybridized carbons (Fsp3) is 0.556. The molecule has 11 heteroatoms. The predicted molar refractivity (Wildman–Crippen MR) is 187 cm³/mol. The summed E-state index contributed by atoms with van der Waals surface area (Å²) in [5.74, 6) is -0.885. The number of halogens is 2. The molecule has 2 N–H and O–H groups in total. The van der Waals surface area contributed by atoms with Crippen LogP contribution in [0.25, 0.3) is 0 Å². The van der Waals surface area contributed by atoms with Gasteiger partial charge in [-0.05, 0) is 79.2 Å². The molecule has 1 aliphatic carbocycles. The van der Waals surface area contributed by atoms with E-state index in [9.17, 15) is 18.0 Å². The summed E-state index contributed by atoms with van der Waals surface area (Å²) >= 11 is 11.9. The first-order valence-electron chi connectivity index (χ1n) is 16.1. The Balaban J connectivity index is 2.09. The lowest BCUT2D eigenvalue weighted by molar-refractivity contribution is -0.295. The second-order valence-corrected chi connectivity index (χ2v) is 17.6. The number of nitrogens with zero attached hydrogens (tertiary/aromatic N) is 2. The number of nitrogens with one attached hydrogen (secondary N) is 1. The number of hydrogen-bond acceptors (Lipinski definition) is 5. The van der Waals surface area contributed by atoms with Gasteiger partial charge in [-0.1, -0.05) is 72.2 Å². The fourth-order valence-electron chi connectivity index (χ4n) is 5.49. The quantitative estimate of drug-likeness (QED) is 0.174. The lowest BCUT2D eigenvalue weighted by Gasteiger charge is -2.41. The van der Waals surface area contributed by atoms with E-state index in [2.05, 4.69) is 59.5 Å². The van der Waals surface area contributed by atoms with Crippen LogP contribution < -0.4 is 5.32 Å². The zero-order valence-electron chi connectivity index (χ0n) is 28.8. The highest BCUT2D eigenvalue weighted by atomic mass is 35.5. The largest absolute Gasteiger partial charge is 0.351 e. The van der Waals surface area contributed by atoms with Gasteiger partial charge in [-0.25, -0.2) is 0 Å². The molecule has 3 unspecified atom stereocenters. The van der Waals surface area contributed by atoms with E-state index in [0.717, 1.165) is 18.4 Å². The van der Waals surface area contributed by atoms with Gasteiger partial charge in [0.05, 0.1) is 11.8 Å². The molecule has 258 valence electrons. The lowest BCUT2D eigenvalue weighted by Crippen LogP contribution is -2.47. The monoisotopic (exact) mass is 706 g/mol. The molecule has 3 rings (SSSR count). The Labute approximate surface area is 290 Å². The van der Waals surface area contributed by atoms with Crippen molar-refractivity contribution in [3.63, 3.8) is 0 Å². The van der Waals surface area contributed by atoms with Gasteiger partial charge >= 0.3 is 0 Å². The summed E-state index contributed by atoms with van der Waals surface area (Å²) in [6.07, 6.45) is 8.68. The smallest absolute Gasteiger partial charge is 0.275 e. The van der Waals surface area contributed by atoms with Gasteiger partial charge in [0.2, 0.25) is 5.03 Å². The second kappa shape index (κ2) is 15.3. The Hall–Kier alpha value is -2.68. The summed E-state index contributed by atoms with van der Waals surface area (Å²) < 4.78 is 31.1. The molecular weight excluding hydrogens is 657 g/mol. The molecule has 0 bridgehead atoms. The number of carbonyl (C=O) groups is 2. The summed E-state index contributed by atoms with van der Waals surface area (Å²) in [6, 6.07) is 6.66. The summed E-state index contributed by atoms with van der Waals surface area (Å²) in [5.41, 5.74) is 4.37. The molecule has 2 amide bonds. The Kier molecular flexibility index (Phi) is 12.6. The van der Waals surface area contributed by atoms with E-state index in [1.807, 2.05) is 30.0 Å². The van der Waals surface area contributed by atoms with Gasteiger partial charge in [-0.3, -0.25) is 19.1 Å². The summed E-state index contributed by atoms with van der Waals surface area (Å²) in [7, 11) is -4.20. The van der Waals surface area contributed by atoms with Gasteiger partial charge in [-0.2, -0.15) is 8.42 Å². The van der Waals surface area contributed by atoms with Crippen LogP contribution in [0.2, 0.25) is 0 Å². The van der Waals surface area contributed by atoms with Crippen LogP contribution in [0.1, 0.15) is 109 Å². The van der Waals surface area contributed by atoms with Crippen molar-refractivity contribution in [2.75, 3.05) is 12.3 Å². The minimum atomic E-state index is -4.20. The van der Waals surface area contributed by atoms with Crippen LogP contribution in [-0.2, 0) is 14.9 Å². The van der Waals surface area contributed by atoms with Crippen molar-refractivity contribution in [3.05, 3.63) is 75.0 Å². The van der Waals surface area contributed by atoms with E-state index >= 15 is 0 Å². The number of benzene rings is 1. The maximum Gasteiger partial charge on any atom is 0.275 e. The van der Waals surface area contributed by atoms with Crippen LogP contribution in [0.4, 0.5) is 0 Å². The highest BCUT2D eigenvalue weighted by molar-refractivity contribution is 7.85. The maximum absolute atomic E-state index is 14.6. The molecule has 0 aromatic heterocycles. The van der Waals surface area contributed by atoms with Gasteiger partial charge in [-0.15, -0.1) is 5.73 Å². The van der Waals surface area contributed by atoms with E-state index in [-0.39, 0.29) is 29.3 Å². The van der Waals surface area contributed by atoms with Crippen LogP contribution in [0, 0.1) is 28.3 Å². The van der Waals surface area contributed by atoms with Crippen molar-refractivity contribution in [1.82, 2.24) is 10.2 Å². The highest BCUT2D eigenvalue weighted by Gasteiger charge is 2.48. The van der Waals surface area contributed by atoms with Crippen molar-refractivity contribution in [2.24, 2.45) is 21.7 Å². The van der Waals surface area contributed by atoms with Crippen molar-refractivity contribution in [2.45, 2.75) is 99.2 Å². The van der Waals surface area contributed by atoms with Crippen LogP contribution in [0.3, 0.4) is 0 Å². The Bertz CT molecular complexity index is 1610. The normalized spacial score (nSPS) is 22.7. The molecule has 8 nitrogen and oxygen atoms in total. The van der Waals surface area contributed by atoms with Gasteiger partial charge in [0.15, 0.2) is 11.6 Å². The van der Waals surface area contributed by atoms with Crippen molar-refractivity contribution in [3.8, 4) is 0 Å². The summed E-state index contributed by atoms with van der Waals surface area (Å²) in [5, 5.41) is 3.64. The fourth-order valence-corrected chi connectivity index (χ4v) is 6.18. The molecule has 1 aromatic rings. The van der Waals surface area contributed by atoms with Crippen LogP contribution in [0.5, 0.6) is 0 Å². The first-order valence-corrected chi connectivity index (χ1v) is 18.5. The van der Waals surface area contributed by atoms with E-state index in [0.29, 0.717) is 52.1 Å². The van der Waals surface area contributed by atoms with Gasteiger partial charge in [0.1, 0.15) is 11.4 Å². The zero-order chi connectivity index (χ0) is 35.4. The number of aliphatic imine (C=N–C) groups is 1. The first-order chi connectivity index (χ1) is 21.6. The minimum absolute atomic E-state index is 0.0119. The number of hydrogen-bond donors (Lipinski definition) is 2. The molecule has 0 radical (unpaired) electrons. The molecule has 0 fully saturated rings. The third-order valence-electron chi connectivity index (χ3n) is 8.93. The maximum atomic E-state index is 14.6. The minimum Gasteiger partial charge on any atom is -0.351 e. The highest BCUT2D eigenvalue weighted by Crippen LogP contribution is 2.43. The van der Waals surface area contributed by atoms with Crippen LogP contribution in [-0.4, -0.2) is 53.4 Å². The van der Waals surface area contributed by atoms with E-state index < -0.39 is 27.4 Å². The lowest BCUT2D eigenvalue weighted by atomic mass is 9.78. The molecular formula is C36H50Cl2N3O5S+. The van der Waals surface area contributed by atoms with E-state index in [1.165, 1.54) is 0 Å². The molecule has 1 aromatic carbocycles. The molecule has 3 atom stereocenters. The first kappa shape index (κ1) is 38.8. The number of carbonyl (C=O) groups excluding carboxylic acids is 2. The molecule has 47 heavy (non-hydrogen) atoms. The molecule has 0 saturated heterocycles. The van der Waals surface area contributed by atoms with Gasteiger partial charge in [0, 0.05) is 35.2 Å². The van der Waals surface area contributed by atoms with E-state index in [4.69, 9.17) is 32.7 Å². The van der Waals surface area contributed by atoms with E-state index in [1.54, 1.807) is 24.3 Å². The standard InChI is InChI=1S/C36H49Cl2N3O5S/c1-24(35(5,6)7)17-20-36(8)40-31(27-13-14-28(37)15-16-29(38)23-27)33(43)41(36)30(18-19-34(2,3)4)25-9-11-26(12-10-25)32(42)39-21-22-47(44,45)46/h9-12,14-15,23-24,30,37H,16-22H2,1-8H3,(H-,39,42,44,45,46)/p+1/b28-15+,29-23+. The third kappa shape index (κ3) is 11.2. The topological polar surface area (TPSA) is 116 Å². The Morgan fingerprint density at radius 3 is 2.38 bits per heavy atom. The summed E-state index contributed by atoms with van der Waals surface area (Å²) in [4.78, 5) is 34.4. The van der Waals surface area contributed by atoms with Gasteiger partial charge < -0.3 is 10.2 Å². The van der Waals surface area contributed by atoms with Crippen LogP contribution >= 0.6 is 11.6 Å². The Morgan fingerprint density at radius 1 is 1.17 bits per heavy atom. The molecule has 2 aliphatic rings. The van der Waals surface area contributed by atoms with Crippen molar-refractivity contribution >= 4 is 39.2 Å². The Morgan fingerprint density at radius 2 is 1.81 bits per heavy atom. The average Bonchev–Trinajstić information content (AvgIpc) is 3.20. The van der Waals surface area contributed by atoms with Crippen LogP contribution in [0.15, 0.2) is 68.9 Å². The molecule has 0 saturated carbocycles. The van der Waals surface area contributed by atoms with Gasteiger partial charge in [0.25, 0.3) is 21.9 Å². The van der Waals surface area contributed by atoms with Crippen molar-refractivity contribution < 1.29 is 34.2 Å². The zero-order valence-corrected chi connectivity index (χ0v) is 31.2. The molecule has 1 aliphatic heterocycles. The second-order valence-electron chi connectivity index (χ2n) is 15.0. The SMILES string of the molecule is CC(CCC1(C)N=C(C2=C=C/C([ClH+])=C\C/C(Cl)=C\2)C(=O)N1C(CCC(C)(C)C)c1ccc(C(=O)NCCS(=O)(=O)O)cc1)C(C)(C)C. The molecule has 0 spiro atoms. The predicted octanol–water partition coefficient (Wildman–Crippen LogP) is 7.41.